The number of aromatic nitrogens is 2. The number of rotatable bonds is 4. The van der Waals surface area contributed by atoms with Crippen molar-refractivity contribution < 1.29 is 4.79 Å². The highest BCUT2D eigenvalue weighted by Gasteiger charge is 2.19. The first kappa shape index (κ1) is 13.3. The lowest BCUT2D eigenvalue weighted by Crippen LogP contribution is -2.33. The number of nitrogens with one attached hydrogen (secondary N) is 1. The SMILES string of the molecule is CCn1nccc1/C=C(/C#N)C(=O)NC1CCCC1. The number of hydrogen-bond donors (Lipinski definition) is 1. The molecule has 5 nitrogen and oxygen atoms in total. The normalized spacial score (nSPS) is 16.3. The molecule has 1 aromatic rings. The van der Waals surface area contributed by atoms with Gasteiger partial charge in [-0.1, -0.05) is 12.8 Å². The fourth-order valence-corrected chi connectivity index (χ4v) is 2.36. The largest absolute Gasteiger partial charge is 0.349 e. The molecule has 0 unspecified atom stereocenters. The second-order valence-electron chi connectivity index (χ2n) is 4.70. The van der Waals surface area contributed by atoms with Crippen LogP contribution in [0, 0.1) is 11.3 Å². The topological polar surface area (TPSA) is 70.7 Å². The minimum absolute atomic E-state index is 0.141. The van der Waals surface area contributed by atoms with Crippen LogP contribution in [-0.2, 0) is 11.3 Å². The van der Waals surface area contributed by atoms with Gasteiger partial charge < -0.3 is 5.32 Å². The lowest BCUT2D eigenvalue weighted by molar-refractivity contribution is -0.117. The van der Waals surface area contributed by atoms with E-state index >= 15 is 0 Å². The van der Waals surface area contributed by atoms with Crippen LogP contribution in [0.2, 0.25) is 0 Å². The van der Waals surface area contributed by atoms with Crippen LogP contribution in [0.15, 0.2) is 17.8 Å². The number of amides is 1. The predicted octanol–water partition coefficient (Wildman–Crippen LogP) is 1.87. The molecule has 1 saturated carbocycles. The van der Waals surface area contributed by atoms with Gasteiger partial charge >= 0.3 is 0 Å². The van der Waals surface area contributed by atoms with E-state index in [1.807, 2.05) is 13.0 Å². The first-order chi connectivity index (χ1) is 9.24. The lowest BCUT2D eigenvalue weighted by atomic mass is 10.2. The number of nitrogens with zero attached hydrogens (tertiary/aromatic N) is 3. The highest BCUT2D eigenvalue weighted by Crippen LogP contribution is 2.18. The van der Waals surface area contributed by atoms with Gasteiger partial charge in [0.25, 0.3) is 5.91 Å². The minimum atomic E-state index is -0.279. The van der Waals surface area contributed by atoms with Crippen LogP contribution >= 0.6 is 0 Å². The van der Waals surface area contributed by atoms with Gasteiger partial charge in [-0.2, -0.15) is 10.4 Å². The molecular formula is C14H18N4O. The maximum Gasteiger partial charge on any atom is 0.262 e. The first-order valence-electron chi connectivity index (χ1n) is 6.69. The standard InChI is InChI=1S/C14H18N4O/c1-2-18-13(7-8-16-18)9-11(10-15)14(19)17-12-5-3-4-6-12/h7-9,12H,2-6H2,1H3,(H,17,19)/b11-9-. The molecule has 0 bridgehead atoms. The van der Waals surface area contributed by atoms with Crippen LogP contribution in [-0.4, -0.2) is 21.7 Å². The third kappa shape index (κ3) is 3.22. The van der Waals surface area contributed by atoms with Gasteiger partial charge in [0.05, 0.1) is 5.69 Å². The van der Waals surface area contributed by atoms with E-state index in [0.29, 0.717) is 6.54 Å². The van der Waals surface area contributed by atoms with E-state index < -0.39 is 0 Å². The Morgan fingerprint density at radius 1 is 1.63 bits per heavy atom. The number of nitriles is 1. The monoisotopic (exact) mass is 258 g/mol. The molecule has 19 heavy (non-hydrogen) atoms. The minimum Gasteiger partial charge on any atom is -0.349 e. The Bertz CT molecular complexity index is 518. The van der Waals surface area contributed by atoms with Crippen molar-refractivity contribution in [2.24, 2.45) is 0 Å². The quantitative estimate of drug-likeness (QED) is 0.662. The molecule has 1 aliphatic rings. The van der Waals surface area contributed by atoms with Crippen LogP contribution in [0.5, 0.6) is 0 Å². The Morgan fingerprint density at radius 3 is 3.00 bits per heavy atom. The zero-order chi connectivity index (χ0) is 13.7. The Labute approximate surface area is 112 Å². The molecule has 1 heterocycles. The molecule has 0 aromatic carbocycles. The summed E-state index contributed by atoms with van der Waals surface area (Å²) in [5, 5.41) is 16.2. The van der Waals surface area contributed by atoms with Crippen LogP contribution < -0.4 is 5.32 Å². The van der Waals surface area contributed by atoms with Crippen molar-refractivity contribution in [2.75, 3.05) is 0 Å². The number of carbonyl (C=O) groups is 1. The summed E-state index contributed by atoms with van der Waals surface area (Å²) in [4.78, 5) is 12.0. The zero-order valence-corrected chi connectivity index (χ0v) is 11.1. The molecule has 0 saturated heterocycles. The second-order valence-corrected chi connectivity index (χ2v) is 4.70. The van der Waals surface area contributed by atoms with Crippen LogP contribution in [0.3, 0.4) is 0 Å². The summed E-state index contributed by atoms with van der Waals surface area (Å²) in [7, 11) is 0. The third-order valence-corrected chi connectivity index (χ3v) is 3.40. The van der Waals surface area contributed by atoms with Crippen molar-refractivity contribution in [3.05, 3.63) is 23.5 Å². The van der Waals surface area contributed by atoms with Crippen molar-refractivity contribution >= 4 is 12.0 Å². The van der Waals surface area contributed by atoms with Gasteiger partial charge in [0.15, 0.2) is 0 Å². The summed E-state index contributed by atoms with van der Waals surface area (Å²) in [5.41, 5.74) is 0.919. The number of carbonyl (C=O) groups excluding carboxylic acids is 1. The molecule has 2 rings (SSSR count). The van der Waals surface area contributed by atoms with E-state index in [1.165, 1.54) is 0 Å². The van der Waals surface area contributed by atoms with Crippen LogP contribution in [0.25, 0.3) is 6.08 Å². The van der Waals surface area contributed by atoms with E-state index in [2.05, 4.69) is 10.4 Å². The zero-order valence-electron chi connectivity index (χ0n) is 11.1. The van der Waals surface area contributed by atoms with Crippen molar-refractivity contribution in [1.82, 2.24) is 15.1 Å². The van der Waals surface area contributed by atoms with Crippen LogP contribution in [0.1, 0.15) is 38.3 Å². The summed E-state index contributed by atoms with van der Waals surface area (Å²) in [6, 6.07) is 3.99. The molecule has 5 heteroatoms. The molecule has 1 amide bonds. The maximum absolute atomic E-state index is 12.0. The Hall–Kier alpha value is -2.09. The van der Waals surface area contributed by atoms with Gasteiger partial charge in [0.1, 0.15) is 11.6 Å². The molecule has 0 atom stereocenters. The lowest BCUT2D eigenvalue weighted by Gasteiger charge is -2.11. The first-order valence-corrected chi connectivity index (χ1v) is 6.69. The molecule has 1 N–H and O–H groups in total. The Morgan fingerprint density at radius 2 is 2.37 bits per heavy atom. The number of aryl methyl sites for hydroxylation is 1. The van der Waals surface area contributed by atoms with E-state index in [1.54, 1.807) is 23.0 Å². The van der Waals surface area contributed by atoms with E-state index in [0.717, 1.165) is 31.4 Å². The summed E-state index contributed by atoms with van der Waals surface area (Å²) in [6.45, 7) is 2.68. The van der Waals surface area contributed by atoms with Crippen molar-refractivity contribution in [1.29, 1.82) is 5.26 Å². The highest BCUT2D eigenvalue weighted by atomic mass is 16.1. The maximum atomic E-state index is 12.0. The fraction of sp³-hybridized carbons (Fsp3) is 0.500. The van der Waals surface area contributed by atoms with Gasteiger partial charge in [0, 0.05) is 18.8 Å². The highest BCUT2D eigenvalue weighted by molar-refractivity contribution is 6.01. The summed E-state index contributed by atoms with van der Waals surface area (Å²) < 4.78 is 1.75. The van der Waals surface area contributed by atoms with E-state index in [9.17, 15) is 4.79 Å². The fourth-order valence-electron chi connectivity index (χ4n) is 2.36. The van der Waals surface area contributed by atoms with Gasteiger partial charge in [-0.15, -0.1) is 0 Å². The predicted molar refractivity (Wildman–Crippen MR) is 71.9 cm³/mol. The molecule has 0 aliphatic heterocycles. The average molecular weight is 258 g/mol. The molecule has 1 aliphatic carbocycles. The smallest absolute Gasteiger partial charge is 0.262 e. The van der Waals surface area contributed by atoms with Crippen molar-refractivity contribution in [3.63, 3.8) is 0 Å². The van der Waals surface area contributed by atoms with E-state index in [4.69, 9.17) is 5.26 Å². The second kappa shape index (κ2) is 6.19. The van der Waals surface area contributed by atoms with E-state index in [-0.39, 0.29) is 17.5 Å². The van der Waals surface area contributed by atoms with Crippen LogP contribution in [0.4, 0.5) is 0 Å². The van der Waals surface area contributed by atoms with Gasteiger partial charge in [-0.05, 0) is 31.9 Å². The Balaban J connectivity index is 2.10. The molecule has 1 fully saturated rings. The third-order valence-electron chi connectivity index (χ3n) is 3.40. The molecule has 0 spiro atoms. The average Bonchev–Trinajstić information content (AvgIpc) is 3.06. The van der Waals surface area contributed by atoms with Gasteiger partial charge in [-0.25, -0.2) is 0 Å². The van der Waals surface area contributed by atoms with Gasteiger partial charge in [-0.3, -0.25) is 9.48 Å². The molecule has 1 aromatic heterocycles. The van der Waals surface area contributed by atoms with Gasteiger partial charge in [0.2, 0.25) is 0 Å². The van der Waals surface area contributed by atoms with Crippen molar-refractivity contribution in [2.45, 2.75) is 45.2 Å². The number of hydrogen-bond acceptors (Lipinski definition) is 3. The summed E-state index contributed by atoms with van der Waals surface area (Å²) >= 11 is 0. The molecular weight excluding hydrogens is 240 g/mol. The van der Waals surface area contributed by atoms with Crippen molar-refractivity contribution in [3.8, 4) is 6.07 Å². The summed E-state index contributed by atoms with van der Waals surface area (Å²) in [6.07, 6.45) is 7.59. The summed E-state index contributed by atoms with van der Waals surface area (Å²) in [5.74, 6) is -0.279. The molecule has 100 valence electrons. The Kier molecular flexibility index (Phi) is 4.35. The molecule has 0 radical (unpaired) electrons.